The largest absolute Gasteiger partial charge is 0.507 e. The number of amides is 3. The number of piperazine rings is 1. The van der Waals surface area contributed by atoms with E-state index in [1.54, 1.807) is 36.5 Å². The van der Waals surface area contributed by atoms with Crippen LogP contribution in [0.25, 0.3) is 22.0 Å². The summed E-state index contributed by atoms with van der Waals surface area (Å²) in [4.78, 5) is 51.5. The summed E-state index contributed by atoms with van der Waals surface area (Å²) < 4.78 is 0. The summed E-state index contributed by atoms with van der Waals surface area (Å²) in [7, 11) is 0. The molecule has 2 saturated heterocycles. The van der Waals surface area contributed by atoms with Crippen LogP contribution in [0.1, 0.15) is 48.2 Å². The second-order valence-corrected chi connectivity index (χ2v) is 12.0. The van der Waals surface area contributed by atoms with E-state index in [1.807, 2.05) is 67.0 Å². The zero-order chi connectivity index (χ0) is 28.9. The van der Waals surface area contributed by atoms with Gasteiger partial charge in [-0.15, -0.1) is 0 Å². The van der Waals surface area contributed by atoms with Crippen LogP contribution in [0.15, 0.2) is 72.9 Å². The summed E-state index contributed by atoms with van der Waals surface area (Å²) in [5.74, 6) is -0.627. The maximum atomic E-state index is 13.8. The first-order valence-electron chi connectivity index (χ1n) is 13.8. The zero-order valence-corrected chi connectivity index (χ0v) is 23.3. The average molecular weight is 552 g/mol. The topological polar surface area (TPSA) is 119 Å². The van der Waals surface area contributed by atoms with Crippen LogP contribution < -0.4 is 5.32 Å². The monoisotopic (exact) mass is 551 g/mol. The number of phenolic OH excluding ortho intramolecular Hbond substituents is 1. The van der Waals surface area contributed by atoms with Gasteiger partial charge in [0, 0.05) is 35.8 Å². The van der Waals surface area contributed by atoms with Gasteiger partial charge in [-0.05, 0) is 41.7 Å². The van der Waals surface area contributed by atoms with E-state index in [9.17, 15) is 19.5 Å². The number of aromatic hydroxyl groups is 1. The van der Waals surface area contributed by atoms with Gasteiger partial charge in [-0.2, -0.15) is 0 Å². The smallest absolute Gasteiger partial charge is 0.272 e. The minimum absolute atomic E-state index is 0.0794. The first-order chi connectivity index (χ1) is 19.6. The molecule has 2 bridgehead atoms. The fraction of sp³-hybridized carbons (Fsp3) is 0.312. The van der Waals surface area contributed by atoms with Gasteiger partial charge < -0.3 is 25.2 Å². The molecule has 6 rings (SSSR count). The molecule has 3 atom stereocenters. The predicted octanol–water partition coefficient (Wildman–Crippen LogP) is 4.21. The molecule has 3 N–H and O–H groups in total. The van der Waals surface area contributed by atoms with Crippen LogP contribution in [0.2, 0.25) is 0 Å². The Morgan fingerprint density at radius 1 is 0.951 bits per heavy atom. The molecular weight excluding hydrogens is 518 g/mol. The van der Waals surface area contributed by atoms with Gasteiger partial charge in [0.1, 0.15) is 23.2 Å². The van der Waals surface area contributed by atoms with Crippen molar-refractivity contribution in [3.63, 3.8) is 0 Å². The first kappa shape index (κ1) is 26.6. The highest BCUT2D eigenvalue weighted by atomic mass is 16.3. The number of H-pyrrole nitrogens is 1. The normalized spacial score (nSPS) is 19.0. The highest BCUT2D eigenvalue weighted by Gasteiger charge is 2.50. The molecule has 0 spiro atoms. The van der Waals surface area contributed by atoms with Crippen molar-refractivity contribution < 1.29 is 19.5 Å². The molecule has 9 heteroatoms. The second-order valence-electron chi connectivity index (χ2n) is 12.0. The van der Waals surface area contributed by atoms with Crippen LogP contribution in [-0.4, -0.2) is 73.8 Å². The molecule has 0 aliphatic carbocycles. The molecule has 4 heterocycles. The molecule has 210 valence electrons. The Balaban J connectivity index is 1.13. The number of carbonyl (C=O) groups is 3. The van der Waals surface area contributed by atoms with Crippen LogP contribution in [-0.2, 0) is 4.79 Å². The van der Waals surface area contributed by atoms with E-state index in [-0.39, 0.29) is 35.3 Å². The number of aromatic nitrogens is 2. The van der Waals surface area contributed by atoms with E-state index in [2.05, 4.69) is 15.3 Å². The lowest BCUT2D eigenvalue weighted by Gasteiger charge is -2.39. The lowest BCUT2D eigenvalue weighted by atomic mass is 9.85. The molecule has 2 aliphatic heterocycles. The minimum Gasteiger partial charge on any atom is -0.507 e. The number of rotatable bonds is 5. The quantitative estimate of drug-likeness (QED) is 0.344. The van der Waals surface area contributed by atoms with E-state index in [0.29, 0.717) is 36.1 Å². The number of hydrogen-bond acceptors (Lipinski definition) is 5. The highest BCUT2D eigenvalue weighted by molar-refractivity contribution is 6.01. The molecule has 0 radical (unpaired) electrons. The summed E-state index contributed by atoms with van der Waals surface area (Å²) >= 11 is 0. The van der Waals surface area contributed by atoms with Gasteiger partial charge in [0.15, 0.2) is 0 Å². The van der Waals surface area contributed by atoms with Crippen molar-refractivity contribution in [1.82, 2.24) is 25.1 Å². The predicted molar refractivity (Wildman–Crippen MR) is 155 cm³/mol. The van der Waals surface area contributed by atoms with Crippen molar-refractivity contribution in [2.45, 2.75) is 45.3 Å². The second kappa shape index (κ2) is 10.1. The molecule has 3 amide bonds. The molecule has 0 saturated carbocycles. The molecule has 2 aromatic heterocycles. The number of phenols is 1. The summed E-state index contributed by atoms with van der Waals surface area (Å²) in [6.45, 7) is 6.61. The van der Waals surface area contributed by atoms with Gasteiger partial charge >= 0.3 is 0 Å². The van der Waals surface area contributed by atoms with Gasteiger partial charge in [0.25, 0.3) is 11.8 Å². The SMILES string of the molecule is CC(C)(C)[C@H](NC(=O)c1cc2c(O)cccc2[nH]1)C(=O)N1C[C@@H]2C[C@H]1CN2C(=O)c1ccc(-c2ccccc2)cn1. The minimum atomic E-state index is -0.772. The van der Waals surface area contributed by atoms with Crippen molar-refractivity contribution in [3.8, 4) is 16.9 Å². The van der Waals surface area contributed by atoms with Gasteiger partial charge in [-0.3, -0.25) is 19.4 Å². The Hall–Kier alpha value is -4.66. The number of likely N-dealkylation sites (tertiary alicyclic amines) is 2. The Bertz CT molecular complexity index is 1620. The van der Waals surface area contributed by atoms with Crippen molar-refractivity contribution >= 4 is 28.6 Å². The van der Waals surface area contributed by atoms with E-state index in [4.69, 9.17) is 0 Å². The number of aromatic amines is 1. The maximum Gasteiger partial charge on any atom is 0.272 e. The third kappa shape index (κ3) is 4.92. The third-order valence-corrected chi connectivity index (χ3v) is 8.15. The van der Waals surface area contributed by atoms with Gasteiger partial charge in [-0.25, -0.2) is 0 Å². The average Bonchev–Trinajstić information content (AvgIpc) is 3.70. The number of fused-ring (bicyclic) bond motifs is 3. The number of nitrogens with one attached hydrogen (secondary N) is 2. The number of pyridine rings is 1. The lowest BCUT2D eigenvalue weighted by Crippen LogP contribution is -2.59. The van der Waals surface area contributed by atoms with E-state index >= 15 is 0 Å². The van der Waals surface area contributed by atoms with E-state index in [0.717, 1.165) is 11.1 Å². The fourth-order valence-corrected chi connectivity index (χ4v) is 5.94. The van der Waals surface area contributed by atoms with Crippen LogP contribution in [0.4, 0.5) is 0 Å². The molecule has 9 nitrogen and oxygen atoms in total. The molecule has 0 unspecified atom stereocenters. The summed E-state index contributed by atoms with van der Waals surface area (Å²) in [6, 6.07) is 19.2. The number of hydrogen-bond donors (Lipinski definition) is 3. The van der Waals surface area contributed by atoms with Crippen LogP contribution in [0.5, 0.6) is 5.75 Å². The molecule has 41 heavy (non-hydrogen) atoms. The molecule has 2 aliphatic rings. The Labute approximate surface area is 238 Å². The van der Waals surface area contributed by atoms with Crippen molar-refractivity contribution in [2.24, 2.45) is 5.41 Å². The van der Waals surface area contributed by atoms with Gasteiger partial charge in [0.05, 0.1) is 12.1 Å². The van der Waals surface area contributed by atoms with Crippen molar-refractivity contribution in [1.29, 1.82) is 0 Å². The standard InChI is InChI=1S/C32H33N5O4/c1-32(2,3)28(35-29(39)26-15-23-24(34-26)10-7-11-27(23)38)31(41)37-18-21-14-22(37)17-36(21)30(40)25-13-12-20(16-33-25)19-8-5-4-6-9-19/h4-13,15-16,21-22,28,34,38H,14,17-18H2,1-3H3,(H,35,39)/t21-,22-,28+/m0/s1. The Kier molecular flexibility index (Phi) is 6.52. The molecule has 2 fully saturated rings. The third-order valence-electron chi connectivity index (χ3n) is 8.15. The number of benzene rings is 2. The number of nitrogens with zero attached hydrogens (tertiary/aromatic N) is 3. The maximum absolute atomic E-state index is 13.8. The van der Waals surface area contributed by atoms with Gasteiger partial charge in [-0.1, -0.05) is 63.2 Å². The first-order valence-corrected chi connectivity index (χ1v) is 13.8. The fourth-order valence-electron chi connectivity index (χ4n) is 5.94. The molecular formula is C32H33N5O4. The summed E-state index contributed by atoms with van der Waals surface area (Å²) in [6.07, 6.45) is 2.42. The van der Waals surface area contributed by atoms with Crippen LogP contribution >= 0.6 is 0 Å². The van der Waals surface area contributed by atoms with Crippen LogP contribution in [0, 0.1) is 5.41 Å². The highest BCUT2D eigenvalue weighted by Crippen LogP contribution is 2.34. The van der Waals surface area contributed by atoms with E-state index < -0.39 is 17.4 Å². The van der Waals surface area contributed by atoms with Gasteiger partial charge in [0.2, 0.25) is 5.91 Å². The lowest BCUT2D eigenvalue weighted by molar-refractivity contribution is -0.138. The van der Waals surface area contributed by atoms with Crippen molar-refractivity contribution in [2.75, 3.05) is 13.1 Å². The van der Waals surface area contributed by atoms with Crippen LogP contribution in [0.3, 0.4) is 0 Å². The van der Waals surface area contributed by atoms with E-state index in [1.165, 1.54) is 0 Å². The number of carbonyl (C=O) groups excluding carboxylic acids is 3. The Morgan fingerprint density at radius 3 is 2.32 bits per heavy atom. The molecule has 4 aromatic rings. The summed E-state index contributed by atoms with van der Waals surface area (Å²) in [5, 5.41) is 13.6. The van der Waals surface area contributed by atoms with Crippen molar-refractivity contribution in [3.05, 3.63) is 84.3 Å². The zero-order valence-electron chi connectivity index (χ0n) is 23.3. The Morgan fingerprint density at radius 2 is 1.68 bits per heavy atom. The molecule has 2 aromatic carbocycles. The summed E-state index contributed by atoms with van der Waals surface area (Å²) in [5.41, 5.74) is 2.73.